The van der Waals surface area contributed by atoms with Crippen molar-refractivity contribution in [2.75, 3.05) is 18.9 Å². The van der Waals surface area contributed by atoms with Gasteiger partial charge in [-0.15, -0.1) is 12.6 Å². The first kappa shape index (κ1) is 21.9. The summed E-state index contributed by atoms with van der Waals surface area (Å²) in [6.45, 7) is 5.97. The maximum atomic E-state index is 11.4. The van der Waals surface area contributed by atoms with Gasteiger partial charge < -0.3 is 15.2 Å². The molecule has 30 heavy (non-hydrogen) atoms. The fourth-order valence-electron chi connectivity index (χ4n) is 2.96. The molecule has 0 fully saturated rings. The molecule has 8 heteroatoms. The van der Waals surface area contributed by atoms with E-state index >= 15 is 0 Å². The molecule has 0 saturated carbocycles. The second kappa shape index (κ2) is 9.77. The van der Waals surface area contributed by atoms with Crippen LogP contribution in [0.2, 0.25) is 0 Å². The molecule has 2 N–H and O–H groups in total. The van der Waals surface area contributed by atoms with Crippen molar-refractivity contribution >= 4 is 24.3 Å². The zero-order chi connectivity index (χ0) is 21.7. The SMILES string of the molecule is CCOC(=O)COC(C)c1ccc(-n2ccc(C(C)c3ccc(N)c(S)c3)n2)nc1. The highest BCUT2D eigenvalue weighted by Crippen LogP contribution is 2.27. The minimum Gasteiger partial charge on any atom is -0.464 e. The average molecular weight is 427 g/mol. The first-order chi connectivity index (χ1) is 14.4. The Morgan fingerprint density at radius 2 is 1.97 bits per heavy atom. The van der Waals surface area contributed by atoms with Crippen LogP contribution in [-0.2, 0) is 14.3 Å². The number of nitrogens with two attached hydrogens (primary N) is 1. The van der Waals surface area contributed by atoms with Gasteiger partial charge in [-0.25, -0.2) is 14.5 Å². The van der Waals surface area contributed by atoms with Gasteiger partial charge in [0.25, 0.3) is 0 Å². The predicted molar refractivity (Wildman–Crippen MR) is 118 cm³/mol. The summed E-state index contributed by atoms with van der Waals surface area (Å²) in [7, 11) is 0. The summed E-state index contributed by atoms with van der Waals surface area (Å²) in [6, 6.07) is 11.6. The topological polar surface area (TPSA) is 92.3 Å². The summed E-state index contributed by atoms with van der Waals surface area (Å²) in [5.41, 5.74) is 9.39. The van der Waals surface area contributed by atoms with Crippen LogP contribution >= 0.6 is 12.6 Å². The van der Waals surface area contributed by atoms with E-state index in [9.17, 15) is 4.79 Å². The molecule has 2 unspecified atom stereocenters. The zero-order valence-corrected chi connectivity index (χ0v) is 18.2. The van der Waals surface area contributed by atoms with E-state index in [1.54, 1.807) is 17.8 Å². The Balaban J connectivity index is 1.68. The summed E-state index contributed by atoms with van der Waals surface area (Å²) in [5, 5.41) is 4.67. The number of nitrogens with zero attached hydrogens (tertiary/aromatic N) is 3. The molecule has 3 rings (SSSR count). The van der Waals surface area contributed by atoms with Gasteiger partial charge in [0.15, 0.2) is 5.82 Å². The molecule has 2 heterocycles. The normalized spacial score (nSPS) is 13.1. The van der Waals surface area contributed by atoms with E-state index in [4.69, 9.17) is 15.2 Å². The Morgan fingerprint density at radius 1 is 1.20 bits per heavy atom. The Hall–Kier alpha value is -2.84. The molecule has 0 spiro atoms. The summed E-state index contributed by atoms with van der Waals surface area (Å²) in [5.74, 6) is 0.411. The third-order valence-electron chi connectivity index (χ3n) is 4.84. The molecular weight excluding hydrogens is 400 g/mol. The summed E-state index contributed by atoms with van der Waals surface area (Å²) >= 11 is 4.40. The van der Waals surface area contributed by atoms with Crippen LogP contribution in [0.25, 0.3) is 5.82 Å². The van der Waals surface area contributed by atoms with E-state index < -0.39 is 0 Å². The van der Waals surface area contributed by atoms with E-state index in [1.807, 2.05) is 49.5 Å². The lowest BCUT2D eigenvalue weighted by Crippen LogP contribution is -2.14. The van der Waals surface area contributed by atoms with Crippen LogP contribution < -0.4 is 5.73 Å². The van der Waals surface area contributed by atoms with Crippen molar-refractivity contribution < 1.29 is 14.3 Å². The van der Waals surface area contributed by atoms with Gasteiger partial charge in [-0.1, -0.05) is 19.1 Å². The Morgan fingerprint density at radius 3 is 2.63 bits per heavy atom. The van der Waals surface area contributed by atoms with Gasteiger partial charge >= 0.3 is 5.97 Å². The molecule has 7 nitrogen and oxygen atoms in total. The van der Waals surface area contributed by atoms with Crippen molar-refractivity contribution in [3.63, 3.8) is 0 Å². The molecular formula is C22H26N4O3S. The highest BCUT2D eigenvalue weighted by atomic mass is 32.1. The molecule has 0 aliphatic rings. The van der Waals surface area contributed by atoms with Gasteiger partial charge in [0, 0.05) is 28.9 Å². The lowest BCUT2D eigenvalue weighted by atomic mass is 9.98. The first-order valence-electron chi connectivity index (χ1n) is 9.76. The molecule has 1 aromatic carbocycles. The smallest absolute Gasteiger partial charge is 0.332 e. The second-order valence-corrected chi connectivity index (χ2v) is 7.41. The van der Waals surface area contributed by atoms with Crippen molar-refractivity contribution in [1.82, 2.24) is 14.8 Å². The Kier molecular flexibility index (Phi) is 7.12. The van der Waals surface area contributed by atoms with Crippen LogP contribution in [0.4, 0.5) is 5.69 Å². The number of carbonyl (C=O) groups is 1. The number of rotatable bonds is 8. The zero-order valence-electron chi connectivity index (χ0n) is 17.3. The van der Waals surface area contributed by atoms with Crippen LogP contribution in [0.1, 0.15) is 49.6 Å². The lowest BCUT2D eigenvalue weighted by Gasteiger charge is -2.13. The van der Waals surface area contributed by atoms with Crippen LogP contribution in [0.5, 0.6) is 0 Å². The van der Waals surface area contributed by atoms with Crippen LogP contribution in [0, 0.1) is 0 Å². The minimum atomic E-state index is -0.377. The number of carbonyl (C=O) groups excluding carboxylic acids is 1. The average Bonchev–Trinajstić information content (AvgIpc) is 3.24. The van der Waals surface area contributed by atoms with E-state index in [2.05, 4.69) is 29.6 Å². The fraction of sp³-hybridized carbons (Fsp3) is 0.318. The largest absolute Gasteiger partial charge is 0.464 e. The third-order valence-corrected chi connectivity index (χ3v) is 5.23. The number of aromatic nitrogens is 3. The maximum absolute atomic E-state index is 11.4. The van der Waals surface area contributed by atoms with E-state index in [0.29, 0.717) is 18.1 Å². The van der Waals surface area contributed by atoms with Crippen molar-refractivity contribution in [1.29, 1.82) is 0 Å². The number of anilines is 1. The maximum Gasteiger partial charge on any atom is 0.332 e. The second-order valence-electron chi connectivity index (χ2n) is 6.93. The van der Waals surface area contributed by atoms with Gasteiger partial charge in [0.1, 0.15) is 6.61 Å². The Bertz CT molecular complexity index is 1000. The number of benzene rings is 1. The van der Waals surface area contributed by atoms with Crippen molar-refractivity contribution in [3.05, 3.63) is 65.6 Å². The van der Waals surface area contributed by atoms with Crippen LogP contribution in [0.3, 0.4) is 0 Å². The molecule has 2 atom stereocenters. The molecule has 3 aromatic rings. The molecule has 0 bridgehead atoms. The molecule has 0 aliphatic heterocycles. The number of hydrogen-bond acceptors (Lipinski definition) is 7. The van der Waals surface area contributed by atoms with Crippen molar-refractivity contribution in [2.24, 2.45) is 0 Å². The van der Waals surface area contributed by atoms with Gasteiger partial charge in [-0.3, -0.25) is 0 Å². The predicted octanol–water partition coefficient (Wildman–Crippen LogP) is 3.93. The third kappa shape index (κ3) is 5.20. The molecule has 0 aliphatic carbocycles. The van der Waals surface area contributed by atoms with Crippen LogP contribution in [0.15, 0.2) is 53.7 Å². The standard InChI is InChI=1S/C22H26N4O3S/c1-4-28-22(27)13-29-15(3)17-6-8-21(24-12-17)26-10-9-19(25-26)14(2)16-5-7-18(23)20(30)11-16/h5-12,14-15,30H,4,13,23H2,1-3H3. The number of ether oxygens (including phenoxy) is 2. The fourth-order valence-corrected chi connectivity index (χ4v) is 3.19. The van der Waals surface area contributed by atoms with Gasteiger partial charge in [0.05, 0.1) is 18.4 Å². The highest BCUT2D eigenvalue weighted by Gasteiger charge is 2.14. The van der Waals surface area contributed by atoms with E-state index in [1.165, 1.54) is 0 Å². The van der Waals surface area contributed by atoms with Gasteiger partial charge in [-0.05, 0) is 49.2 Å². The number of pyridine rings is 1. The summed E-state index contributed by atoms with van der Waals surface area (Å²) in [6.07, 6.45) is 3.33. The van der Waals surface area contributed by atoms with Gasteiger partial charge in [0.2, 0.25) is 0 Å². The molecule has 158 valence electrons. The molecule has 0 radical (unpaired) electrons. The van der Waals surface area contributed by atoms with E-state index in [0.717, 1.165) is 21.7 Å². The van der Waals surface area contributed by atoms with Gasteiger partial charge in [-0.2, -0.15) is 5.10 Å². The molecule has 2 aromatic heterocycles. The minimum absolute atomic E-state index is 0.0870. The highest BCUT2D eigenvalue weighted by molar-refractivity contribution is 7.80. The quantitative estimate of drug-likeness (QED) is 0.322. The number of hydrogen-bond donors (Lipinski definition) is 2. The van der Waals surface area contributed by atoms with Crippen LogP contribution in [-0.4, -0.2) is 33.9 Å². The number of thiol groups is 1. The monoisotopic (exact) mass is 426 g/mol. The Labute approximate surface area is 181 Å². The molecule has 0 amide bonds. The van der Waals surface area contributed by atoms with E-state index in [-0.39, 0.29) is 24.6 Å². The summed E-state index contributed by atoms with van der Waals surface area (Å²) < 4.78 is 12.1. The lowest BCUT2D eigenvalue weighted by molar-refractivity contribution is -0.150. The van der Waals surface area contributed by atoms with Crippen molar-refractivity contribution in [3.8, 4) is 5.82 Å². The summed E-state index contributed by atoms with van der Waals surface area (Å²) in [4.78, 5) is 16.7. The molecule has 0 saturated heterocycles. The van der Waals surface area contributed by atoms with Crippen molar-refractivity contribution in [2.45, 2.75) is 37.7 Å². The number of esters is 1. The first-order valence-corrected chi connectivity index (χ1v) is 10.2. The number of nitrogen functional groups attached to an aromatic ring is 1.